The molecule has 0 bridgehead atoms. The van der Waals surface area contributed by atoms with Crippen LogP contribution in [0.4, 0.5) is 0 Å². The SMILES string of the molecule is NC1CCN(C2CCN(S(=O)(=O)C3CC3)C2)CC1. The predicted molar refractivity (Wildman–Crippen MR) is 70.7 cm³/mol. The average Bonchev–Trinajstić information content (AvgIpc) is 3.09. The van der Waals surface area contributed by atoms with Crippen LogP contribution in [0.1, 0.15) is 32.1 Å². The van der Waals surface area contributed by atoms with Crippen molar-refractivity contribution >= 4 is 10.0 Å². The van der Waals surface area contributed by atoms with Crippen molar-refractivity contribution in [1.29, 1.82) is 0 Å². The number of hydrogen-bond acceptors (Lipinski definition) is 4. The molecule has 104 valence electrons. The van der Waals surface area contributed by atoms with E-state index in [4.69, 9.17) is 5.73 Å². The number of rotatable bonds is 3. The van der Waals surface area contributed by atoms with Crippen molar-refractivity contribution in [2.45, 2.75) is 49.4 Å². The zero-order valence-corrected chi connectivity index (χ0v) is 11.6. The molecule has 18 heavy (non-hydrogen) atoms. The fraction of sp³-hybridized carbons (Fsp3) is 1.00. The van der Waals surface area contributed by atoms with Crippen LogP contribution in [0.25, 0.3) is 0 Å². The Kier molecular flexibility index (Phi) is 3.38. The smallest absolute Gasteiger partial charge is 0.217 e. The fourth-order valence-electron chi connectivity index (χ4n) is 3.10. The van der Waals surface area contributed by atoms with Crippen LogP contribution in [-0.4, -0.2) is 61.1 Å². The Morgan fingerprint density at radius 2 is 1.61 bits per heavy atom. The third-order valence-corrected chi connectivity index (χ3v) is 6.89. The van der Waals surface area contributed by atoms with Crippen LogP contribution in [0.3, 0.4) is 0 Å². The zero-order valence-electron chi connectivity index (χ0n) is 10.8. The van der Waals surface area contributed by atoms with Crippen LogP contribution in [0.5, 0.6) is 0 Å². The lowest BCUT2D eigenvalue weighted by atomic mass is 10.0. The summed E-state index contributed by atoms with van der Waals surface area (Å²) in [6.45, 7) is 3.48. The maximum absolute atomic E-state index is 12.2. The molecule has 1 aliphatic carbocycles. The summed E-state index contributed by atoms with van der Waals surface area (Å²) >= 11 is 0. The van der Waals surface area contributed by atoms with Gasteiger partial charge in [0.2, 0.25) is 10.0 Å². The van der Waals surface area contributed by atoms with Gasteiger partial charge >= 0.3 is 0 Å². The monoisotopic (exact) mass is 273 g/mol. The summed E-state index contributed by atoms with van der Waals surface area (Å²) in [6, 6.07) is 0.764. The number of sulfonamides is 1. The lowest BCUT2D eigenvalue weighted by Crippen LogP contribution is -2.46. The number of likely N-dealkylation sites (tertiary alicyclic amines) is 1. The first-order chi connectivity index (χ1) is 8.57. The van der Waals surface area contributed by atoms with Crippen molar-refractivity contribution < 1.29 is 8.42 Å². The lowest BCUT2D eigenvalue weighted by molar-refractivity contribution is 0.159. The van der Waals surface area contributed by atoms with Crippen molar-refractivity contribution in [3.8, 4) is 0 Å². The normalized spacial score (nSPS) is 33.1. The van der Waals surface area contributed by atoms with Crippen molar-refractivity contribution in [1.82, 2.24) is 9.21 Å². The van der Waals surface area contributed by atoms with Gasteiger partial charge in [-0.1, -0.05) is 0 Å². The second-order valence-corrected chi connectivity index (χ2v) is 8.13. The molecular weight excluding hydrogens is 250 g/mol. The molecule has 3 aliphatic rings. The van der Waals surface area contributed by atoms with E-state index in [9.17, 15) is 8.42 Å². The number of nitrogens with zero attached hydrogens (tertiary/aromatic N) is 2. The van der Waals surface area contributed by atoms with E-state index in [0.717, 1.165) is 45.2 Å². The van der Waals surface area contributed by atoms with Gasteiger partial charge in [-0.05, 0) is 45.2 Å². The third kappa shape index (κ3) is 2.43. The molecule has 0 spiro atoms. The Hall–Kier alpha value is -0.170. The average molecular weight is 273 g/mol. The second-order valence-electron chi connectivity index (χ2n) is 5.92. The summed E-state index contributed by atoms with van der Waals surface area (Å²) in [5.74, 6) is 0. The van der Waals surface area contributed by atoms with Gasteiger partial charge in [0.25, 0.3) is 0 Å². The molecule has 3 rings (SSSR count). The molecule has 0 radical (unpaired) electrons. The molecular formula is C12H23N3O2S. The summed E-state index contributed by atoms with van der Waals surface area (Å²) in [4.78, 5) is 2.44. The highest BCUT2D eigenvalue weighted by Crippen LogP contribution is 2.33. The van der Waals surface area contributed by atoms with Gasteiger partial charge in [0.05, 0.1) is 5.25 Å². The molecule has 1 unspecified atom stereocenters. The summed E-state index contributed by atoms with van der Waals surface area (Å²) in [7, 11) is -2.97. The van der Waals surface area contributed by atoms with E-state index in [0.29, 0.717) is 25.2 Å². The van der Waals surface area contributed by atoms with Crippen LogP contribution in [0.15, 0.2) is 0 Å². The molecule has 1 saturated carbocycles. The Morgan fingerprint density at radius 1 is 0.944 bits per heavy atom. The van der Waals surface area contributed by atoms with Gasteiger partial charge in [0.1, 0.15) is 0 Å². The molecule has 2 N–H and O–H groups in total. The zero-order chi connectivity index (χ0) is 12.8. The highest BCUT2D eigenvalue weighted by molar-refractivity contribution is 7.90. The van der Waals surface area contributed by atoms with E-state index in [1.54, 1.807) is 4.31 Å². The number of piperidine rings is 1. The first kappa shape index (κ1) is 12.8. The quantitative estimate of drug-likeness (QED) is 0.784. The van der Waals surface area contributed by atoms with Gasteiger partial charge in [-0.15, -0.1) is 0 Å². The molecule has 2 heterocycles. The van der Waals surface area contributed by atoms with Gasteiger partial charge in [-0.3, -0.25) is 4.90 Å². The number of hydrogen-bond donors (Lipinski definition) is 1. The van der Waals surface area contributed by atoms with Crippen molar-refractivity contribution in [3.05, 3.63) is 0 Å². The van der Waals surface area contributed by atoms with Gasteiger partial charge in [-0.25, -0.2) is 12.7 Å². The molecule has 0 aromatic heterocycles. The lowest BCUT2D eigenvalue weighted by Gasteiger charge is -2.34. The van der Waals surface area contributed by atoms with E-state index in [1.165, 1.54) is 0 Å². The third-order valence-electron chi connectivity index (χ3n) is 4.52. The molecule has 5 nitrogen and oxygen atoms in total. The van der Waals surface area contributed by atoms with Gasteiger partial charge < -0.3 is 5.73 Å². The Labute approximate surface area is 109 Å². The maximum atomic E-state index is 12.2. The molecule has 6 heteroatoms. The van der Waals surface area contributed by atoms with E-state index in [2.05, 4.69) is 4.90 Å². The minimum absolute atomic E-state index is 0.0639. The first-order valence-corrected chi connectivity index (χ1v) is 8.56. The fourth-order valence-corrected chi connectivity index (χ4v) is 4.99. The maximum Gasteiger partial charge on any atom is 0.217 e. The van der Waals surface area contributed by atoms with Crippen molar-refractivity contribution in [2.75, 3.05) is 26.2 Å². The van der Waals surface area contributed by atoms with Crippen LogP contribution >= 0.6 is 0 Å². The van der Waals surface area contributed by atoms with Gasteiger partial charge in [-0.2, -0.15) is 0 Å². The topological polar surface area (TPSA) is 66.6 Å². The van der Waals surface area contributed by atoms with E-state index in [-0.39, 0.29) is 5.25 Å². The second kappa shape index (κ2) is 4.74. The summed E-state index contributed by atoms with van der Waals surface area (Å²) in [5, 5.41) is -0.0639. The molecule has 1 atom stereocenters. The van der Waals surface area contributed by atoms with Crippen LogP contribution in [0.2, 0.25) is 0 Å². The van der Waals surface area contributed by atoms with E-state index in [1.807, 2.05) is 0 Å². The number of nitrogens with two attached hydrogens (primary N) is 1. The first-order valence-electron chi connectivity index (χ1n) is 7.06. The van der Waals surface area contributed by atoms with E-state index >= 15 is 0 Å². The largest absolute Gasteiger partial charge is 0.328 e. The summed E-state index contributed by atoms with van der Waals surface area (Å²) < 4.78 is 26.1. The molecule has 2 saturated heterocycles. The van der Waals surface area contributed by atoms with Crippen molar-refractivity contribution in [3.63, 3.8) is 0 Å². The minimum Gasteiger partial charge on any atom is -0.328 e. The standard InChI is InChI=1S/C12H23N3O2S/c13-10-3-6-14(7-4-10)11-5-8-15(9-11)18(16,17)12-1-2-12/h10-12H,1-9,13H2. The Bertz CT molecular complexity index is 400. The molecule has 0 aromatic carbocycles. The van der Waals surface area contributed by atoms with Crippen LogP contribution in [0, 0.1) is 0 Å². The van der Waals surface area contributed by atoms with Gasteiger partial charge in [0, 0.05) is 25.2 Å². The highest BCUT2D eigenvalue weighted by Gasteiger charge is 2.43. The van der Waals surface area contributed by atoms with Crippen molar-refractivity contribution in [2.24, 2.45) is 5.73 Å². The summed E-state index contributed by atoms with van der Waals surface area (Å²) in [6.07, 6.45) is 4.81. The van der Waals surface area contributed by atoms with Crippen LogP contribution < -0.4 is 5.73 Å². The Balaban J connectivity index is 1.58. The minimum atomic E-state index is -2.97. The summed E-state index contributed by atoms with van der Waals surface area (Å²) in [5.41, 5.74) is 5.91. The molecule has 0 amide bonds. The molecule has 2 aliphatic heterocycles. The predicted octanol–water partition coefficient (Wildman–Crippen LogP) is -0.0240. The van der Waals surface area contributed by atoms with Gasteiger partial charge in [0.15, 0.2) is 0 Å². The van der Waals surface area contributed by atoms with E-state index < -0.39 is 10.0 Å². The Morgan fingerprint density at radius 3 is 2.22 bits per heavy atom. The van der Waals surface area contributed by atoms with Crippen LogP contribution in [-0.2, 0) is 10.0 Å². The molecule has 3 fully saturated rings. The molecule has 0 aromatic rings. The highest BCUT2D eigenvalue weighted by atomic mass is 32.2.